The highest BCUT2D eigenvalue weighted by Gasteiger charge is 2.24. The van der Waals surface area contributed by atoms with Crippen LogP contribution in [0.4, 0.5) is 5.69 Å². The Balaban J connectivity index is 1.66. The Morgan fingerprint density at radius 1 is 0.971 bits per heavy atom. The van der Waals surface area contributed by atoms with Gasteiger partial charge in [-0.15, -0.1) is 10.2 Å². The number of amides is 1. The third kappa shape index (κ3) is 6.03. The van der Waals surface area contributed by atoms with E-state index in [0.29, 0.717) is 11.6 Å². The average Bonchev–Trinajstić information content (AvgIpc) is 3.27. The largest absolute Gasteiger partial charge is 0.325 e. The van der Waals surface area contributed by atoms with Crippen molar-refractivity contribution < 1.29 is 4.79 Å². The van der Waals surface area contributed by atoms with Crippen LogP contribution in [0.25, 0.3) is 17.1 Å². The van der Waals surface area contributed by atoms with Gasteiger partial charge in [-0.25, -0.2) is 0 Å². The molecule has 1 heterocycles. The Hall–Kier alpha value is -2.90. The van der Waals surface area contributed by atoms with Gasteiger partial charge in [0.25, 0.3) is 0 Å². The van der Waals surface area contributed by atoms with Gasteiger partial charge in [-0.3, -0.25) is 9.36 Å². The van der Waals surface area contributed by atoms with Gasteiger partial charge in [-0.1, -0.05) is 97.9 Å². The average molecular weight is 550 g/mol. The molecule has 0 unspecified atom stereocenters. The van der Waals surface area contributed by atoms with Crippen molar-refractivity contribution in [3.8, 4) is 17.1 Å². The monoisotopic (exact) mass is 548 g/mol. The number of aromatic nitrogens is 3. The first kappa shape index (κ1) is 25.2. The van der Waals surface area contributed by atoms with E-state index in [-0.39, 0.29) is 16.6 Å². The number of benzene rings is 3. The maximum atomic E-state index is 13.1. The van der Waals surface area contributed by atoms with Gasteiger partial charge in [0.15, 0.2) is 11.0 Å². The summed E-state index contributed by atoms with van der Waals surface area (Å²) in [4.78, 5) is 13.1. The molecule has 0 saturated heterocycles. The molecule has 1 atom stereocenters. The summed E-state index contributed by atoms with van der Waals surface area (Å²) < 4.78 is 3.00. The highest BCUT2D eigenvalue weighted by Crippen LogP contribution is 2.33. The fourth-order valence-corrected chi connectivity index (χ4v) is 4.90. The SMILES string of the molecule is CC[C@@H](Sc1nnc(-c2ccc(C(C)(C)C)cc2)n1-c1ccccc1)C(=O)Nc1ccc(Br)cc1. The molecule has 1 N–H and O–H groups in total. The fourth-order valence-electron chi connectivity index (χ4n) is 3.67. The van der Waals surface area contributed by atoms with Crippen molar-refractivity contribution >= 4 is 39.3 Å². The van der Waals surface area contributed by atoms with Crippen LogP contribution in [-0.4, -0.2) is 25.9 Å². The quantitative estimate of drug-likeness (QED) is 0.243. The molecule has 3 aromatic carbocycles. The third-order valence-electron chi connectivity index (χ3n) is 5.68. The molecule has 0 aliphatic heterocycles. The van der Waals surface area contributed by atoms with Crippen molar-refractivity contribution in [2.45, 2.75) is 49.9 Å². The zero-order valence-electron chi connectivity index (χ0n) is 20.3. The predicted octanol–water partition coefficient (Wildman–Crippen LogP) is 7.50. The van der Waals surface area contributed by atoms with Crippen molar-refractivity contribution in [3.63, 3.8) is 0 Å². The van der Waals surface area contributed by atoms with E-state index in [4.69, 9.17) is 0 Å². The first-order chi connectivity index (χ1) is 16.8. The van der Waals surface area contributed by atoms with Gasteiger partial charge in [0.1, 0.15) is 0 Å². The molecule has 4 rings (SSSR count). The van der Waals surface area contributed by atoms with E-state index < -0.39 is 0 Å². The topological polar surface area (TPSA) is 59.8 Å². The van der Waals surface area contributed by atoms with Gasteiger partial charge in [-0.05, 0) is 53.8 Å². The molecule has 0 aliphatic carbocycles. The van der Waals surface area contributed by atoms with E-state index in [0.717, 1.165) is 27.2 Å². The van der Waals surface area contributed by atoms with Crippen LogP contribution >= 0.6 is 27.7 Å². The highest BCUT2D eigenvalue weighted by molar-refractivity contribution is 9.10. The number of hydrogen-bond acceptors (Lipinski definition) is 4. The van der Waals surface area contributed by atoms with Gasteiger partial charge in [0, 0.05) is 21.4 Å². The molecule has 4 aromatic rings. The summed E-state index contributed by atoms with van der Waals surface area (Å²) in [5, 5.41) is 12.5. The summed E-state index contributed by atoms with van der Waals surface area (Å²) in [6.07, 6.45) is 0.657. The van der Waals surface area contributed by atoms with Crippen LogP contribution in [0, 0.1) is 0 Å². The maximum Gasteiger partial charge on any atom is 0.237 e. The first-order valence-electron chi connectivity index (χ1n) is 11.6. The molecule has 0 radical (unpaired) electrons. The van der Waals surface area contributed by atoms with Crippen molar-refractivity contribution in [3.05, 3.63) is 88.9 Å². The molecule has 1 aromatic heterocycles. The Morgan fingerprint density at radius 3 is 2.23 bits per heavy atom. The zero-order chi connectivity index (χ0) is 25.0. The standard InChI is InChI=1S/C28H29BrN4OS/c1-5-24(26(34)30-22-17-15-21(29)16-18-22)35-27-32-31-25(33(27)23-9-7-6-8-10-23)19-11-13-20(14-12-19)28(2,3)4/h6-18,24H,5H2,1-4H3,(H,30,34)/t24-/m1/s1. The van der Waals surface area contributed by atoms with Gasteiger partial charge >= 0.3 is 0 Å². The number of nitrogens with zero attached hydrogens (tertiary/aromatic N) is 3. The van der Waals surface area contributed by atoms with Crippen molar-refractivity contribution in [1.82, 2.24) is 14.8 Å². The Labute approximate surface area is 219 Å². The number of hydrogen-bond donors (Lipinski definition) is 1. The molecule has 1 amide bonds. The highest BCUT2D eigenvalue weighted by atomic mass is 79.9. The zero-order valence-corrected chi connectivity index (χ0v) is 22.7. The van der Waals surface area contributed by atoms with E-state index in [1.807, 2.05) is 66.1 Å². The molecule has 180 valence electrons. The molecule has 0 saturated carbocycles. The lowest BCUT2D eigenvalue weighted by molar-refractivity contribution is -0.115. The number of nitrogens with one attached hydrogen (secondary N) is 1. The molecular formula is C28H29BrN4OS. The maximum absolute atomic E-state index is 13.1. The van der Waals surface area contributed by atoms with Gasteiger partial charge in [0.05, 0.1) is 5.25 Å². The summed E-state index contributed by atoms with van der Waals surface area (Å²) in [5.41, 5.74) is 4.04. The summed E-state index contributed by atoms with van der Waals surface area (Å²) in [6.45, 7) is 8.61. The van der Waals surface area contributed by atoms with Crippen LogP contribution in [0.2, 0.25) is 0 Å². The lowest BCUT2D eigenvalue weighted by Gasteiger charge is -2.19. The second-order valence-electron chi connectivity index (χ2n) is 9.32. The van der Waals surface area contributed by atoms with Crippen LogP contribution in [0.1, 0.15) is 39.7 Å². The summed E-state index contributed by atoms with van der Waals surface area (Å²) in [6, 6.07) is 26.1. The minimum Gasteiger partial charge on any atom is -0.325 e. The molecule has 0 spiro atoms. The second kappa shape index (κ2) is 10.8. The lowest BCUT2D eigenvalue weighted by Crippen LogP contribution is -2.25. The molecule has 0 bridgehead atoms. The van der Waals surface area contributed by atoms with Crippen LogP contribution in [0.15, 0.2) is 88.5 Å². The van der Waals surface area contributed by atoms with Crippen LogP contribution in [0.5, 0.6) is 0 Å². The number of rotatable bonds is 7. The van der Waals surface area contributed by atoms with Gasteiger partial charge in [-0.2, -0.15) is 0 Å². The predicted molar refractivity (Wildman–Crippen MR) is 148 cm³/mol. The molecule has 0 fully saturated rings. The first-order valence-corrected chi connectivity index (χ1v) is 13.3. The summed E-state index contributed by atoms with van der Waals surface area (Å²) >= 11 is 4.86. The van der Waals surface area contributed by atoms with Gasteiger partial charge in [0.2, 0.25) is 5.91 Å². The van der Waals surface area contributed by atoms with Crippen molar-refractivity contribution in [2.75, 3.05) is 5.32 Å². The molecule has 35 heavy (non-hydrogen) atoms. The number of carbonyl (C=O) groups excluding carboxylic acids is 1. The van der Waals surface area contributed by atoms with E-state index in [1.54, 1.807) is 0 Å². The Kier molecular flexibility index (Phi) is 7.77. The molecular weight excluding hydrogens is 520 g/mol. The van der Waals surface area contributed by atoms with Crippen LogP contribution in [-0.2, 0) is 10.2 Å². The summed E-state index contributed by atoms with van der Waals surface area (Å²) in [7, 11) is 0. The van der Waals surface area contributed by atoms with Crippen molar-refractivity contribution in [2.24, 2.45) is 0 Å². The minimum atomic E-state index is -0.318. The normalized spacial score (nSPS) is 12.4. The van der Waals surface area contributed by atoms with Gasteiger partial charge < -0.3 is 5.32 Å². The van der Waals surface area contributed by atoms with E-state index in [1.165, 1.54) is 17.3 Å². The molecule has 0 aliphatic rings. The lowest BCUT2D eigenvalue weighted by atomic mass is 9.87. The van der Waals surface area contributed by atoms with E-state index >= 15 is 0 Å². The fraction of sp³-hybridized carbons (Fsp3) is 0.250. The molecule has 7 heteroatoms. The second-order valence-corrected chi connectivity index (χ2v) is 11.4. The number of carbonyl (C=O) groups is 1. The number of halogens is 1. The van der Waals surface area contributed by atoms with E-state index in [2.05, 4.69) is 76.5 Å². The van der Waals surface area contributed by atoms with Crippen molar-refractivity contribution in [1.29, 1.82) is 0 Å². The summed E-state index contributed by atoms with van der Waals surface area (Å²) in [5.74, 6) is 0.695. The number of para-hydroxylation sites is 1. The number of anilines is 1. The minimum absolute atomic E-state index is 0.0569. The number of thioether (sulfide) groups is 1. The molecule has 5 nitrogen and oxygen atoms in total. The smallest absolute Gasteiger partial charge is 0.237 e. The third-order valence-corrected chi connectivity index (χ3v) is 7.52. The van der Waals surface area contributed by atoms with Crippen LogP contribution < -0.4 is 5.32 Å². The Morgan fingerprint density at radius 2 is 1.63 bits per heavy atom. The van der Waals surface area contributed by atoms with Crippen LogP contribution in [0.3, 0.4) is 0 Å². The Bertz CT molecular complexity index is 1280. The van der Waals surface area contributed by atoms with E-state index in [9.17, 15) is 4.79 Å².